The van der Waals surface area contributed by atoms with Crippen LogP contribution in [-0.4, -0.2) is 10.9 Å². The highest BCUT2D eigenvalue weighted by molar-refractivity contribution is 5.92. The zero-order valence-corrected chi connectivity index (χ0v) is 13.7. The standard InChI is InChI=1S/C21H20N2O/c1-16-2-4-18(5-3-16)15-21(24)23-20-8-6-17(7-9-20)14-19-10-12-22-13-11-19/h2-13H,14-15H2,1H3,(H,23,24). The van der Waals surface area contributed by atoms with Gasteiger partial charge in [0, 0.05) is 18.1 Å². The number of nitrogens with zero attached hydrogens (tertiary/aromatic N) is 1. The van der Waals surface area contributed by atoms with E-state index in [-0.39, 0.29) is 5.91 Å². The van der Waals surface area contributed by atoms with Gasteiger partial charge in [0.2, 0.25) is 5.91 Å². The zero-order chi connectivity index (χ0) is 16.8. The Kier molecular flexibility index (Phi) is 5.02. The lowest BCUT2D eigenvalue weighted by Gasteiger charge is -2.07. The highest BCUT2D eigenvalue weighted by Crippen LogP contribution is 2.14. The van der Waals surface area contributed by atoms with E-state index in [1.807, 2.05) is 67.6 Å². The molecule has 3 rings (SSSR count). The topological polar surface area (TPSA) is 42.0 Å². The first-order valence-electron chi connectivity index (χ1n) is 8.02. The fourth-order valence-electron chi connectivity index (χ4n) is 2.54. The number of nitrogens with one attached hydrogen (secondary N) is 1. The molecule has 120 valence electrons. The molecule has 0 fully saturated rings. The molecule has 0 unspecified atom stereocenters. The molecule has 1 N–H and O–H groups in total. The molecule has 3 aromatic rings. The number of hydrogen-bond donors (Lipinski definition) is 1. The van der Waals surface area contributed by atoms with Gasteiger partial charge in [0.1, 0.15) is 0 Å². The van der Waals surface area contributed by atoms with Crippen molar-refractivity contribution in [2.45, 2.75) is 19.8 Å². The summed E-state index contributed by atoms with van der Waals surface area (Å²) in [6.45, 7) is 2.04. The number of anilines is 1. The second-order valence-electron chi connectivity index (χ2n) is 5.94. The summed E-state index contributed by atoms with van der Waals surface area (Å²) in [5.41, 5.74) is 5.47. The number of carbonyl (C=O) groups is 1. The summed E-state index contributed by atoms with van der Waals surface area (Å²) in [7, 11) is 0. The van der Waals surface area contributed by atoms with Gasteiger partial charge in [-0.1, -0.05) is 42.0 Å². The van der Waals surface area contributed by atoms with E-state index in [9.17, 15) is 4.79 Å². The van der Waals surface area contributed by atoms with Crippen LogP contribution in [0, 0.1) is 6.92 Å². The SMILES string of the molecule is Cc1ccc(CC(=O)Nc2ccc(Cc3ccncc3)cc2)cc1. The van der Waals surface area contributed by atoms with Crippen LogP contribution < -0.4 is 5.32 Å². The Balaban J connectivity index is 1.57. The second-order valence-corrected chi connectivity index (χ2v) is 5.94. The van der Waals surface area contributed by atoms with E-state index in [4.69, 9.17) is 0 Å². The third kappa shape index (κ3) is 4.53. The van der Waals surface area contributed by atoms with E-state index >= 15 is 0 Å². The van der Waals surface area contributed by atoms with Crippen molar-refractivity contribution in [1.29, 1.82) is 0 Å². The lowest BCUT2D eigenvalue weighted by atomic mass is 10.1. The van der Waals surface area contributed by atoms with Crippen LogP contribution in [0.1, 0.15) is 22.3 Å². The lowest BCUT2D eigenvalue weighted by Crippen LogP contribution is -2.14. The summed E-state index contributed by atoms with van der Waals surface area (Å²) in [5.74, 6) is 0.000682. The molecule has 0 aliphatic heterocycles. The summed E-state index contributed by atoms with van der Waals surface area (Å²) in [6.07, 6.45) is 4.85. The molecule has 0 saturated carbocycles. The molecule has 3 nitrogen and oxygen atoms in total. The van der Waals surface area contributed by atoms with Crippen molar-refractivity contribution in [3.63, 3.8) is 0 Å². The van der Waals surface area contributed by atoms with Crippen molar-refractivity contribution in [3.8, 4) is 0 Å². The molecule has 0 radical (unpaired) electrons. The summed E-state index contributed by atoms with van der Waals surface area (Å²) < 4.78 is 0. The van der Waals surface area contributed by atoms with Gasteiger partial charge in [-0.25, -0.2) is 0 Å². The van der Waals surface area contributed by atoms with Crippen molar-refractivity contribution in [1.82, 2.24) is 4.98 Å². The Morgan fingerprint density at radius 3 is 2.08 bits per heavy atom. The summed E-state index contributed by atoms with van der Waals surface area (Å²) in [4.78, 5) is 16.2. The third-order valence-electron chi connectivity index (χ3n) is 3.88. The lowest BCUT2D eigenvalue weighted by molar-refractivity contribution is -0.115. The molecule has 1 amide bonds. The van der Waals surface area contributed by atoms with Gasteiger partial charge in [-0.05, 0) is 54.3 Å². The van der Waals surface area contributed by atoms with E-state index in [0.29, 0.717) is 6.42 Å². The first-order chi connectivity index (χ1) is 11.7. The molecule has 24 heavy (non-hydrogen) atoms. The molecule has 0 bridgehead atoms. The normalized spacial score (nSPS) is 10.4. The molecule has 1 heterocycles. The predicted molar refractivity (Wildman–Crippen MR) is 97.0 cm³/mol. The highest BCUT2D eigenvalue weighted by Gasteiger charge is 2.04. The van der Waals surface area contributed by atoms with E-state index in [1.165, 1.54) is 16.7 Å². The molecule has 0 aliphatic rings. The molecule has 0 atom stereocenters. The maximum absolute atomic E-state index is 12.1. The minimum atomic E-state index is 0.000682. The first-order valence-corrected chi connectivity index (χ1v) is 8.02. The number of benzene rings is 2. The predicted octanol–water partition coefficient (Wildman–Crippen LogP) is 4.16. The Morgan fingerprint density at radius 1 is 0.833 bits per heavy atom. The number of carbonyl (C=O) groups excluding carboxylic acids is 1. The van der Waals surface area contributed by atoms with E-state index < -0.39 is 0 Å². The molecule has 0 spiro atoms. The summed E-state index contributed by atoms with van der Waals surface area (Å²) in [5, 5.41) is 2.95. The fourth-order valence-corrected chi connectivity index (χ4v) is 2.54. The van der Waals surface area contributed by atoms with Gasteiger partial charge >= 0.3 is 0 Å². The number of aryl methyl sites for hydroxylation is 1. The van der Waals surface area contributed by atoms with Crippen molar-refractivity contribution in [2.24, 2.45) is 0 Å². The summed E-state index contributed by atoms with van der Waals surface area (Å²) in [6, 6.07) is 20.0. The van der Waals surface area contributed by atoms with Crippen molar-refractivity contribution in [3.05, 3.63) is 95.3 Å². The van der Waals surface area contributed by atoms with E-state index in [0.717, 1.165) is 17.7 Å². The molecule has 0 saturated heterocycles. The van der Waals surface area contributed by atoms with Crippen LogP contribution in [0.25, 0.3) is 0 Å². The number of pyridine rings is 1. The maximum atomic E-state index is 12.1. The smallest absolute Gasteiger partial charge is 0.228 e. The van der Waals surface area contributed by atoms with Gasteiger partial charge < -0.3 is 5.32 Å². The van der Waals surface area contributed by atoms with Crippen LogP contribution >= 0.6 is 0 Å². The van der Waals surface area contributed by atoms with Gasteiger partial charge in [0.05, 0.1) is 6.42 Å². The van der Waals surface area contributed by atoms with Gasteiger partial charge in [-0.15, -0.1) is 0 Å². The average Bonchev–Trinajstić information content (AvgIpc) is 2.60. The number of hydrogen-bond acceptors (Lipinski definition) is 2. The largest absolute Gasteiger partial charge is 0.326 e. The van der Waals surface area contributed by atoms with Gasteiger partial charge in [0.15, 0.2) is 0 Å². The van der Waals surface area contributed by atoms with Crippen LogP contribution in [0.15, 0.2) is 73.1 Å². The Hall–Kier alpha value is -2.94. The zero-order valence-electron chi connectivity index (χ0n) is 13.7. The van der Waals surface area contributed by atoms with Crippen LogP contribution in [-0.2, 0) is 17.6 Å². The Labute approximate surface area is 142 Å². The van der Waals surface area contributed by atoms with E-state index in [2.05, 4.69) is 10.3 Å². The number of amides is 1. The third-order valence-corrected chi connectivity index (χ3v) is 3.88. The maximum Gasteiger partial charge on any atom is 0.228 e. The van der Waals surface area contributed by atoms with Crippen LogP contribution in [0.2, 0.25) is 0 Å². The van der Waals surface area contributed by atoms with Gasteiger partial charge in [-0.3, -0.25) is 9.78 Å². The molecular weight excluding hydrogens is 296 g/mol. The average molecular weight is 316 g/mol. The first kappa shape index (κ1) is 15.9. The quantitative estimate of drug-likeness (QED) is 0.768. The fraction of sp³-hybridized carbons (Fsp3) is 0.143. The molecule has 3 heteroatoms. The molecular formula is C21H20N2O. The summed E-state index contributed by atoms with van der Waals surface area (Å²) >= 11 is 0. The highest BCUT2D eigenvalue weighted by atomic mass is 16.1. The van der Waals surface area contributed by atoms with Gasteiger partial charge in [-0.2, -0.15) is 0 Å². The number of rotatable bonds is 5. The number of aromatic nitrogens is 1. The van der Waals surface area contributed by atoms with Crippen LogP contribution in [0.5, 0.6) is 0 Å². The Morgan fingerprint density at radius 2 is 1.42 bits per heavy atom. The van der Waals surface area contributed by atoms with E-state index in [1.54, 1.807) is 12.4 Å². The molecule has 2 aromatic carbocycles. The van der Waals surface area contributed by atoms with Crippen molar-refractivity contribution in [2.75, 3.05) is 5.32 Å². The minimum Gasteiger partial charge on any atom is -0.326 e. The van der Waals surface area contributed by atoms with Crippen LogP contribution in [0.4, 0.5) is 5.69 Å². The monoisotopic (exact) mass is 316 g/mol. The van der Waals surface area contributed by atoms with Gasteiger partial charge in [0.25, 0.3) is 0 Å². The van der Waals surface area contributed by atoms with Crippen LogP contribution in [0.3, 0.4) is 0 Å². The minimum absolute atomic E-state index is 0.000682. The molecule has 1 aromatic heterocycles. The second kappa shape index (κ2) is 7.55. The molecule has 0 aliphatic carbocycles. The van der Waals surface area contributed by atoms with Crippen molar-refractivity contribution < 1.29 is 4.79 Å². The Bertz CT molecular complexity index is 794. The van der Waals surface area contributed by atoms with Crippen molar-refractivity contribution >= 4 is 11.6 Å².